The fourth-order valence-electron chi connectivity index (χ4n) is 2.00. The molecular formula is C18H16BrNO5. The van der Waals surface area contributed by atoms with Crippen molar-refractivity contribution in [3.8, 4) is 0 Å². The Bertz CT molecular complexity index is 788. The van der Waals surface area contributed by atoms with Gasteiger partial charge in [-0.25, -0.2) is 9.59 Å². The van der Waals surface area contributed by atoms with Crippen LogP contribution in [0.1, 0.15) is 27.6 Å². The second-order valence-electron chi connectivity index (χ2n) is 5.08. The minimum absolute atomic E-state index is 0.0395. The molecule has 0 aliphatic heterocycles. The molecule has 0 saturated carbocycles. The van der Waals surface area contributed by atoms with E-state index in [1.165, 1.54) is 26.2 Å². The largest absolute Gasteiger partial charge is 0.465 e. The van der Waals surface area contributed by atoms with Gasteiger partial charge in [-0.2, -0.15) is 0 Å². The van der Waals surface area contributed by atoms with E-state index in [0.29, 0.717) is 5.69 Å². The van der Waals surface area contributed by atoms with E-state index in [1.54, 1.807) is 36.4 Å². The lowest BCUT2D eigenvalue weighted by molar-refractivity contribution is -0.123. The van der Waals surface area contributed by atoms with Gasteiger partial charge in [-0.3, -0.25) is 4.79 Å². The number of halogens is 1. The molecule has 0 heterocycles. The van der Waals surface area contributed by atoms with E-state index in [0.717, 1.165) is 4.47 Å². The molecule has 1 amide bonds. The first-order valence-electron chi connectivity index (χ1n) is 7.37. The molecule has 1 unspecified atom stereocenters. The highest BCUT2D eigenvalue weighted by atomic mass is 79.9. The number of hydrogen-bond acceptors (Lipinski definition) is 5. The van der Waals surface area contributed by atoms with E-state index in [1.807, 2.05) is 0 Å². The van der Waals surface area contributed by atoms with Crippen LogP contribution in [0.3, 0.4) is 0 Å². The number of hydrogen-bond donors (Lipinski definition) is 1. The molecule has 1 N–H and O–H groups in total. The van der Waals surface area contributed by atoms with Crippen molar-refractivity contribution >= 4 is 39.5 Å². The maximum absolute atomic E-state index is 12.3. The van der Waals surface area contributed by atoms with Crippen LogP contribution in [0.2, 0.25) is 0 Å². The van der Waals surface area contributed by atoms with Crippen molar-refractivity contribution in [1.29, 1.82) is 0 Å². The number of carbonyl (C=O) groups excluding carboxylic acids is 3. The SMILES string of the molecule is COC(=O)c1ccccc1C(=O)OC(C)C(=O)Nc1ccc(Br)cc1. The third-order valence-corrected chi connectivity index (χ3v) is 3.85. The second-order valence-corrected chi connectivity index (χ2v) is 6.00. The Morgan fingerprint density at radius 2 is 1.52 bits per heavy atom. The van der Waals surface area contributed by atoms with Crippen LogP contribution in [0.25, 0.3) is 0 Å². The highest BCUT2D eigenvalue weighted by molar-refractivity contribution is 9.10. The Labute approximate surface area is 153 Å². The fraction of sp³-hybridized carbons (Fsp3) is 0.167. The Balaban J connectivity index is 2.06. The predicted molar refractivity (Wildman–Crippen MR) is 95.4 cm³/mol. The molecule has 0 aromatic heterocycles. The average Bonchev–Trinajstić information content (AvgIpc) is 2.62. The minimum atomic E-state index is -1.04. The van der Waals surface area contributed by atoms with E-state index >= 15 is 0 Å². The molecule has 25 heavy (non-hydrogen) atoms. The molecule has 2 aromatic carbocycles. The molecule has 0 fully saturated rings. The first-order chi connectivity index (χ1) is 11.9. The molecule has 7 heteroatoms. The highest BCUT2D eigenvalue weighted by Crippen LogP contribution is 2.16. The number of benzene rings is 2. The Hall–Kier alpha value is -2.67. The van der Waals surface area contributed by atoms with Gasteiger partial charge in [0.05, 0.1) is 18.2 Å². The first kappa shape index (κ1) is 18.7. The molecule has 130 valence electrons. The number of rotatable bonds is 5. The topological polar surface area (TPSA) is 81.7 Å². The van der Waals surface area contributed by atoms with Crippen molar-refractivity contribution in [2.24, 2.45) is 0 Å². The van der Waals surface area contributed by atoms with Crippen molar-refractivity contribution in [2.45, 2.75) is 13.0 Å². The zero-order valence-corrected chi connectivity index (χ0v) is 15.2. The lowest BCUT2D eigenvalue weighted by Crippen LogP contribution is -2.30. The van der Waals surface area contributed by atoms with Gasteiger partial charge < -0.3 is 14.8 Å². The van der Waals surface area contributed by atoms with Crippen LogP contribution in [0, 0.1) is 0 Å². The van der Waals surface area contributed by atoms with Gasteiger partial charge in [0.2, 0.25) is 0 Å². The first-order valence-corrected chi connectivity index (χ1v) is 8.16. The quantitative estimate of drug-likeness (QED) is 0.770. The lowest BCUT2D eigenvalue weighted by atomic mass is 10.1. The van der Waals surface area contributed by atoms with Gasteiger partial charge in [0.1, 0.15) is 0 Å². The van der Waals surface area contributed by atoms with Gasteiger partial charge in [0, 0.05) is 10.2 Å². The third kappa shape index (κ3) is 4.90. The van der Waals surface area contributed by atoms with Crippen LogP contribution in [-0.2, 0) is 14.3 Å². The summed E-state index contributed by atoms with van der Waals surface area (Å²) in [5.74, 6) is -1.91. The number of ether oxygens (including phenoxy) is 2. The zero-order valence-electron chi connectivity index (χ0n) is 13.6. The molecule has 0 saturated heterocycles. The number of methoxy groups -OCH3 is 1. The highest BCUT2D eigenvalue weighted by Gasteiger charge is 2.23. The number of nitrogens with one attached hydrogen (secondary N) is 1. The molecule has 0 radical (unpaired) electrons. The van der Waals surface area contributed by atoms with Gasteiger partial charge in [-0.05, 0) is 43.3 Å². The van der Waals surface area contributed by atoms with Crippen molar-refractivity contribution in [1.82, 2.24) is 0 Å². The monoisotopic (exact) mass is 405 g/mol. The Morgan fingerprint density at radius 3 is 2.08 bits per heavy atom. The molecule has 0 aliphatic rings. The molecule has 2 rings (SSSR count). The number of amides is 1. The van der Waals surface area contributed by atoms with E-state index in [4.69, 9.17) is 4.74 Å². The summed E-state index contributed by atoms with van der Waals surface area (Å²) in [6, 6.07) is 13.1. The molecule has 0 bridgehead atoms. The third-order valence-electron chi connectivity index (χ3n) is 3.32. The Morgan fingerprint density at radius 1 is 0.960 bits per heavy atom. The van der Waals surface area contributed by atoms with Gasteiger partial charge in [0.25, 0.3) is 5.91 Å². The number of esters is 2. The minimum Gasteiger partial charge on any atom is -0.465 e. The summed E-state index contributed by atoms with van der Waals surface area (Å²) in [6.07, 6.45) is -1.04. The summed E-state index contributed by atoms with van der Waals surface area (Å²) >= 11 is 3.30. The number of carbonyl (C=O) groups is 3. The molecule has 0 aliphatic carbocycles. The summed E-state index contributed by atoms with van der Waals surface area (Å²) in [4.78, 5) is 36.1. The second kappa shape index (κ2) is 8.43. The summed E-state index contributed by atoms with van der Waals surface area (Å²) in [5.41, 5.74) is 0.694. The van der Waals surface area contributed by atoms with Crippen molar-refractivity contribution in [3.63, 3.8) is 0 Å². The number of anilines is 1. The van der Waals surface area contributed by atoms with E-state index in [2.05, 4.69) is 26.0 Å². The van der Waals surface area contributed by atoms with Gasteiger partial charge in [-0.15, -0.1) is 0 Å². The summed E-state index contributed by atoms with van der Waals surface area (Å²) in [6.45, 7) is 1.45. The van der Waals surface area contributed by atoms with E-state index in [-0.39, 0.29) is 11.1 Å². The van der Waals surface area contributed by atoms with E-state index < -0.39 is 23.9 Å². The lowest BCUT2D eigenvalue weighted by Gasteiger charge is -2.14. The molecular weight excluding hydrogens is 390 g/mol. The summed E-state index contributed by atoms with van der Waals surface area (Å²) in [5, 5.41) is 2.65. The van der Waals surface area contributed by atoms with Crippen LogP contribution in [0.5, 0.6) is 0 Å². The molecule has 2 aromatic rings. The van der Waals surface area contributed by atoms with Crippen LogP contribution in [0.4, 0.5) is 5.69 Å². The van der Waals surface area contributed by atoms with Gasteiger partial charge in [-0.1, -0.05) is 28.1 Å². The fourth-order valence-corrected chi connectivity index (χ4v) is 2.27. The van der Waals surface area contributed by atoms with Crippen LogP contribution < -0.4 is 5.32 Å². The molecule has 6 nitrogen and oxygen atoms in total. The van der Waals surface area contributed by atoms with E-state index in [9.17, 15) is 14.4 Å². The standard InChI is InChI=1S/C18H16BrNO5/c1-11(16(21)20-13-9-7-12(19)8-10-13)25-18(23)15-6-4-3-5-14(15)17(22)24-2/h3-11H,1-2H3,(H,20,21). The smallest absolute Gasteiger partial charge is 0.339 e. The van der Waals surface area contributed by atoms with Crippen molar-refractivity contribution in [3.05, 3.63) is 64.1 Å². The normalized spacial score (nSPS) is 11.3. The van der Waals surface area contributed by atoms with Gasteiger partial charge >= 0.3 is 11.9 Å². The maximum atomic E-state index is 12.3. The van der Waals surface area contributed by atoms with Crippen molar-refractivity contribution in [2.75, 3.05) is 12.4 Å². The zero-order chi connectivity index (χ0) is 18.4. The van der Waals surface area contributed by atoms with Crippen LogP contribution >= 0.6 is 15.9 Å². The van der Waals surface area contributed by atoms with Crippen LogP contribution in [-0.4, -0.2) is 31.1 Å². The Kier molecular flexibility index (Phi) is 6.30. The summed E-state index contributed by atoms with van der Waals surface area (Å²) < 4.78 is 10.7. The summed E-state index contributed by atoms with van der Waals surface area (Å²) in [7, 11) is 1.22. The predicted octanol–water partition coefficient (Wildman–Crippen LogP) is 3.42. The molecule has 1 atom stereocenters. The van der Waals surface area contributed by atoms with Crippen molar-refractivity contribution < 1.29 is 23.9 Å². The van der Waals surface area contributed by atoms with Gasteiger partial charge in [0.15, 0.2) is 6.10 Å². The maximum Gasteiger partial charge on any atom is 0.339 e. The average molecular weight is 406 g/mol. The van der Waals surface area contributed by atoms with Crippen LogP contribution in [0.15, 0.2) is 53.0 Å². The molecule has 0 spiro atoms.